The van der Waals surface area contributed by atoms with Crippen LogP contribution in [0.15, 0.2) is 36.1 Å². The average molecular weight is 369 g/mol. The Bertz CT molecular complexity index is 798. The highest BCUT2D eigenvalue weighted by Gasteiger charge is 2.37. The van der Waals surface area contributed by atoms with Crippen LogP contribution in [0.4, 0.5) is 0 Å². The maximum Gasteiger partial charge on any atom is 0.251 e. The minimum absolute atomic E-state index is 0.239. The number of rotatable bonds is 4. The van der Waals surface area contributed by atoms with Crippen molar-refractivity contribution in [3.05, 3.63) is 41.7 Å². The Hall–Kier alpha value is -2.67. The van der Waals surface area contributed by atoms with E-state index in [0.29, 0.717) is 23.8 Å². The molecule has 27 heavy (non-hydrogen) atoms. The molecule has 2 N–H and O–H groups in total. The van der Waals surface area contributed by atoms with Crippen LogP contribution in [0.1, 0.15) is 37.2 Å². The van der Waals surface area contributed by atoms with Crippen LogP contribution in [0.3, 0.4) is 0 Å². The normalized spacial score (nSPS) is 24.0. The number of carbonyl (C=O) groups excluding carboxylic acids is 3. The molecule has 2 saturated heterocycles. The molecule has 7 heteroatoms. The number of nitrogens with one attached hydrogen (secondary N) is 2. The molecule has 1 aromatic rings. The monoisotopic (exact) mass is 369 g/mol. The highest BCUT2D eigenvalue weighted by molar-refractivity contribution is 6.03. The maximum absolute atomic E-state index is 12.3. The largest absolute Gasteiger partial charge is 0.460 e. The molecule has 2 fully saturated rings. The summed E-state index contributed by atoms with van der Waals surface area (Å²) in [4.78, 5) is 37.1. The van der Waals surface area contributed by atoms with Crippen LogP contribution in [0.25, 0.3) is 0 Å². The van der Waals surface area contributed by atoms with Crippen LogP contribution >= 0.6 is 0 Å². The molecule has 0 saturated carbocycles. The summed E-state index contributed by atoms with van der Waals surface area (Å²) in [6.45, 7) is 2.29. The molecule has 3 amide bonds. The first-order valence-electron chi connectivity index (χ1n) is 9.43. The number of hydrogen-bond donors (Lipinski definition) is 2. The zero-order valence-electron chi connectivity index (χ0n) is 15.1. The number of hydrogen-bond acceptors (Lipinski definition) is 5. The van der Waals surface area contributed by atoms with Crippen molar-refractivity contribution in [2.45, 2.75) is 37.6 Å². The van der Waals surface area contributed by atoms with E-state index in [1.165, 1.54) is 16.5 Å². The molecule has 7 nitrogen and oxygen atoms in total. The Balaban J connectivity index is 1.42. The van der Waals surface area contributed by atoms with Crippen LogP contribution in [-0.2, 0) is 14.4 Å². The molecule has 1 aromatic carbocycles. The molecule has 0 aliphatic carbocycles. The summed E-state index contributed by atoms with van der Waals surface area (Å²) >= 11 is 0. The zero-order chi connectivity index (χ0) is 18.8. The van der Waals surface area contributed by atoms with Crippen molar-refractivity contribution < 1.29 is 19.1 Å². The lowest BCUT2D eigenvalue weighted by Gasteiger charge is -2.29. The van der Waals surface area contributed by atoms with Gasteiger partial charge >= 0.3 is 0 Å². The first-order chi connectivity index (χ1) is 13.1. The topological polar surface area (TPSA) is 87.7 Å². The zero-order valence-corrected chi connectivity index (χ0v) is 15.1. The van der Waals surface area contributed by atoms with E-state index in [-0.39, 0.29) is 24.8 Å². The van der Waals surface area contributed by atoms with Crippen molar-refractivity contribution >= 4 is 17.7 Å². The van der Waals surface area contributed by atoms with E-state index in [2.05, 4.69) is 16.7 Å². The van der Waals surface area contributed by atoms with Gasteiger partial charge in [-0.1, -0.05) is 12.1 Å². The minimum atomic E-state index is -0.617. The molecular weight excluding hydrogens is 346 g/mol. The lowest BCUT2D eigenvalue weighted by molar-refractivity contribution is -0.142. The summed E-state index contributed by atoms with van der Waals surface area (Å²) in [5.74, 6) is 0.787. The number of benzene rings is 1. The fourth-order valence-corrected chi connectivity index (χ4v) is 3.96. The number of piperidine rings is 2. The van der Waals surface area contributed by atoms with Gasteiger partial charge in [-0.3, -0.25) is 19.7 Å². The van der Waals surface area contributed by atoms with Gasteiger partial charge in [-0.25, -0.2) is 0 Å². The second-order valence-corrected chi connectivity index (χ2v) is 7.24. The smallest absolute Gasteiger partial charge is 0.251 e. The van der Waals surface area contributed by atoms with Crippen molar-refractivity contribution in [1.82, 2.24) is 15.5 Å². The quantitative estimate of drug-likeness (QED) is 0.775. The Morgan fingerprint density at radius 3 is 2.67 bits per heavy atom. The number of imide groups is 1. The molecule has 142 valence electrons. The van der Waals surface area contributed by atoms with E-state index in [4.69, 9.17) is 4.74 Å². The lowest BCUT2D eigenvalue weighted by atomic mass is 9.90. The summed E-state index contributed by atoms with van der Waals surface area (Å²) in [5, 5.41) is 5.66. The molecule has 4 rings (SSSR count). The predicted octanol–water partition coefficient (Wildman–Crippen LogP) is 1.06. The van der Waals surface area contributed by atoms with Crippen molar-refractivity contribution in [2.75, 3.05) is 19.6 Å². The van der Waals surface area contributed by atoms with Crippen LogP contribution in [0, 0.1) is 0 Å². The summed E-state index contributed by atoms with van der Waals surface area (Å²) in [5.41, 5.74) is 1.25. The number of ether oxygens (including phenoxy) is 1. The fraction of sp³-hybridized carbons (Fsp3) is 0.450. The average Bonchev–Trinajstić information content (AvgIpc) is 3.02. The van der Waals surface area contributed by atoms with Gasteiger partial charge in [-0.05, 0) is 56.0 Å². The van der Waals surface area contributed by atoms with Crippen molar-refractivity contribution in [2.24, 2.45) is 0 Å². The standard InChI is InChI=1S/C20H23N3O4/c24-18-5-4-17(20(26)22-18)23-12-16(11-19(23)25)27-15-3-1-2-14(10-15)13-6-8-21-9-7-13/h1-3,10-11,13,17,21H,4-9,12H2,(H,22,24,26). The van der Waals surface area contributed by atoms with E-state index in [1.807, 2.05) is 18.2 Å². The van der Waals surface area contributed by atoms with Gasteiger partial charge < -0.3 is 15.0 Å². The van der Waals surface area contributed by atoms with Crippen LogP contribution in [0.2, 0.25) is 0 Å². The molecule has 3 aliphatic rings. The molecule has 0 spiro atoms. The van der Waals surface area contributed by atoms with Gasteiger partial charge in [0.1, 0.15) is 17.6 Å². The van der Waals surface area contributed by atoms with E-state index in [0.717, 1.165) is 25.9 Å². The van der Waals surface area contributed by atoms with Gasteiger partial charge in [0.05, 0.1) is 6.54 Å². The van der Waals surface area contributed by atoms with Crippen LogP contribution in [0.5, 0.6) is 5.75 Å². The van der Waals surface area contributed by atoms with Gasteiger partial charge in [0.2, 0.25) is 11.8 Å². The van der Waals surface area contributed by atoms with Crippen molar-refractivity contribution in [3.8, 4) is 5.75 Å². The molecule has 0 aromatic heterocycles. The summed E-state index contributed by atoms with van der Waals surface area (Å²) in [6, 6.07) is 7.39. The molecular formula is C20H23N3O4. The highest BCUT2D eigenvalue weighted by atomic mass is 16.5. The minimum Gasteiger partial charge on any atom is -0.460 e. The predicted molar refractivity (Wildman–Crippen MR) is 97.9 cm³/mol. The van der Waals surface area contributed by atoms with Gasteiger partial charge in [-0.15, -0.1) is 0 Å². The Kier molecular flexibility index (Phi) is 4.94. The molecule has 3 aliphatic heterocycles. The second-order valence-electron chi connectivity index (χ2n) is 7.24. The van der Waals surface area contributed by atoms with E-state index < -0.39 is 11.9 Å². The molecule has 1 unspecified atom stereocenters. The number of carbonyl (C=O) groups is 3. The van der Waals surface area contributed by atoms with Gasteiger partial charge in [-0.2, -0.15) is 0 Å². The summed E-state index contributed by atoms with van der Waals surface area (Å²) < 4.78 is 5.94. The highest BCUT2D eigenvalue weighted by Crippen LogP contribution is 2.29. The Morgan fingerprint density at radius 2 is 1.89 bits per heavy atom. The van der Waals surface area contributed by atoms with E-state index in [1.54, 1.807) is 0 Å². The second kappa shape index (κ2) is 7.52. The SMILES string of the molecule is O=C1CCC(N2CC(Oc3cccc(C4CCNCC4)c3)=CC2=O)C(=O)N1. The third kappa shape index (κ3) is 3.88. The molecule has 3 heterocycles. The van der Waals surface area contributed by atoms with E-state index in [9.17, 15) is 14.4 Å². The lowest BCUT2D eigenvalue weighted by Crippen LogP contribution is -2.53. The Labute approximate surface area is 157 Å². The third-order valence-corrected chi connectivity index (χ3v) is 5.40. The number of nitrogens with zero attached hydrogens (tertiary/aromatic N) is 1. The first kappa shape index (κ1) is 17.7. The third-order valence-electron chi connectivity index (χ3n) is 5.40. The van der Waals surface area contributed by atoms with Gasteiger partial charge in [0, 0.05) is 12.5 Å². The first-order valence-corrected chi connectivity index (χ1v) is 9.43. The number of amides is 3. The molecule has 0 radical (unpaired) electrons. The van der Waals surface area contributed by atoms with Gasteiger partial charge in [0.15, 0.2) is 0 Å². The summed E-state index contributed by atoms with van der Waals surface area (Å²) in [6.07, 6.45) is 4.24. The van der Waals surface area contributed by atoms with Crippen molar-refractivity contribution in [3.63, 3.8) is 0 Å². The maximum atomic E-state index is 12.3. The molecule has 1 atom stereocenters. The van der Waals surface area contributed by atoms with Crippen LogP contribution < -0.4 is 15.4 Å². The van der Waals surface area contributed by atoms with E-state index >= 15 is 0 Å². The fourth-order valence-electron chi connectivity index (χ4n) is 3.96. The molecule has 0 bridgehead atoms. The van der Waals surface area contributed by atoms with Crippen molar-refractivity contribution in [1.29, 1.82) is 0 Å². The van der Waals surface area contributed by atoms with Gasteiger partial charge in [0.25, 0.3) is 5.91 Å². The van der Waals surface area contributed by atoms with Crippen LogP contribution in [-0.4, -0.2) is 48.3 Å². The Morgan fingerprint density at radius 1 is 1.07 bits per heavy atom. The summed E-state index contributed by atoms with van der Waals surface area (Å²) in [7, 11) is 0.